The van der Waals surface area contributed by atoms with E-state index in [1.54, 1.807) is 0 Å². The number of aryl methyl sites for hydroxylation is 2. The van der Waals surface area contributed by atoms with Crippen molar-refractivity contribution < 1.29 is 4.74 Å². The van der Waals surface area contributed by atoms with Crippen LogP contribution in [0.25, 0.3) is 0 Å². The first-order chi connectivity index (χ1) is 9.54. The number of pyridine rings is 2. The van der Waals surface area contributed by atoms with Gasteiger partial charge in [-0.1, -0.05) is 0 Å². The van der Waals surface area contributed by atoms with Crippen LogP contribution >= 0.6 is 0 Å². The number of ether oxygens (including phenoxy) is 1. The third-order valence-corrected chi connectivity index (χ3v) is 2.91. The van der Waals surface area contributed by atoms with E-state index in [9.17, 15) is 0 Å². The summed E-state index contributed by atoms with van der Waals surface area (Å²) >= 11 is 0. The fraction of sp³-hybridized carbons (Fsp3) is 0.375. The highest BCUT2D eigenvalue weighted by atomic mass is 16.5. The van der Waals surface area contributed by atoms with E-state index in [4.69, 9.17) is 10.5 Å². The lowest BCUT2D eigenvalue weighted by Crippen LogP contribution is -2.19. The third-order valence-electron chi connectivity index (χ3n) is 2.91. The molecule has 0 amide bonds. The number of hydrogen-bond donors (Lipinski definition) is 1. The highest BCUT2D eigenvalue weighted by molar-refractivity contribution is 5.30. The zero-order chi connectivity index (χ0) is 14.5. The van der Waals surface area contributed by atoms with Crippen LogP contribution in [-0.4, -0.2) is 16.0 Å². The second-order valence-corrected chi connectivity index (χ2v) is 5.24. The van der Waals surface area contributed by atoms with E-state index in [0.29, 0.717) is 13.0 Å². The predicted octanol–water partition coefficient (Wildman–Crippen LogP) is 2.56. The molecule has 2 rings (SSSR count). The van der Waals surface area contributed by atoms with Gasteiger partial charge in [0.25, 0.3) is 0 Å². The predicted molar refractivity (Wildman–Crippen MR) is 79.6 cm³/mol. The van der Waals surface area contributed by atoms with Gasteiger partial charge in [0.2, 0.25) is 0 Å². The molecule has 0 spiro atoms. The van der Waals surface area contributed by atoms with Crippen molar-refractivity contribution in [1.29, 1.82) is 0 Å². The van der Waals surface area contributed by atoms with E-state index in [0.717, 1.165) is 28.3 Å². The average molecular weight is 271 g/mol. The van der Waals surface area contributed by atoms with Crippen molar-refractivity contribution in [3.63, 3.8) is 0 Å². The Hall–Kier alpha value is -1.94. The summed E-state index contributed by atoms with van der Waals surface area (Å²) in [6, 6.07) is 6.05. The number of nitrogens with zero attached hydrogens (tertiary/aromatic N) is 2. The van der Waals surface area contributed by atoms with Gasteiger partial charge in [-0.05, 0) is 44.5 Å². The highest BCUT2D eigenvalue weighted by Crippen LogP contribution is 2.19. The Morgan fingerprint density at radius 2 is 2.05 bits per heavy atom. The first-order valence-corrected chi connectivity index (χ1v) is 6.80. The molecule has 0 aliphatic rings. The monoisotopic (exact) mass is 271 g/mol. The Morgan fingerprint density at radius 1 is 1.25 bits per heavy atom. The van der Waals surface area contributed by atoms with Crippen molar-refractivity contribution in [1.82, 2.24) is 9.97 Å². The van der Waals surface area contributed by atoms with E-state index in [2.05, 4.69) is 16.0 Å². The van der Waals surface area contributed by atoms with Crippen molar-refractivity contribution in [3.05, 3.63) is 53.1 Å². The summed E-state index contributed by atoms with van der Waals surface area (Å²) in [7, 11) is 0. The summed E-state index contributed by atoms with van der Waals surface area (Å²) in [6.45, 7) is 6.45. The molecule has 0 radical (unpaired) electrons. The molecular weight excluding hydrogens is 250 g/mol. The highest BCUT2D eigenvalue weighted by Gasteiger charge is 2.09. The normalized spacial score (nSPS) is 12.2. The van der Waals surface area contributed by atoms with Crippen LogP contribution in [0.2, 0.25) is 0 Å². The number of nitrogens with two attached hydrogens (primary N) is 1. The first kappa shape index (κ1) is 14.5. The van der Waals surface area contributed by atoms with E-state index in [1.807, 2.05) is 45.3 Å². The molecule has 4 nitrogen and oxygen atoms in total. The van der Waals surface area contributed by atoms with E-state index < -0.39 is 0 Å². The maximum absolute atomic E-state index is 5.88. The summed E-state index contributed by atoms with van der Waals surface area (Å²) in [4.78, 5) is 8.69. The fourth-order valence-corrected chi connectivity index (χ4v) is 2.04. The number of rotatable bonds is 5. The molecule has 2 heterocycles. The summed E-state index contributed by atoms with van der Waals surface area (Å²) in [6.07, 6.45) is 4.36. The third kappa shape index (κ3) is 4.03. The molecule has 0 bridgehead atoms. The Labute approximate surface area is 120 Å². The molecule has 2 aromatic rings. The van der Waals surface area contributed by atoms with E-state index in [1.165, 1.54) is 0 Å². The summed E-state index contributed by atoms with van der Waals surface area (Å²) in [5, 5.41) is 0. The van der Waals surface area contributed by atoms with Crippen molar-refractivity contribution in [2.45, 2.75) is 39.8 Å². The van der Waals surface area contributed by atoms with E-state index >= 15 is 0 Å². The molecule has 0 aliphatic heterocycles. The van der Waals surface area contributed by atoms with Gasteiger partial charge in [-0.3, -0.25) is 9.97 Å². The molecule has 20 heavy (non-hydrogen) atoms. The van der Waals surface area contributed by atoms with Gasteiger partial charge in [-0.25, -0.2) is 0 Å². The maximum atomic E-state index is 5.88. The Balaban J connectivity index is 2.12. The molecule has 2 N–H and O–H groups in total. The standard InChI is InChI=1S/C16H21N3O/c1-11-6-14(9-18-8-11)10-20-16-5-4-13(3)19-15(16)7-12(2)17/h4-6,8-9,12H,7,10,17H2,1-3H3. The summed E-state index contributed by atoms with van der Waals surface area (Å²) in [5.41, 5.74) is 9.94. The quantitative estimate of drug-likeness (QED) is 0.908. The first-order valence-electron chi connectivity index (χ1n) is 6.80. The molecule has 0 saturated heterocycles. The molecule has 1 unspecified atom stereocenters. The van der Waals surface area contributed by atoms with Crippen molar-refractivity contribution >= 4 is 0 Å². The van der Waals surface area contributed by atoms with Crippen molar-refractivity contribution in [2.24, 2.45) is 5.73 Å². The van der Waals surface area contributed by atoms with Crippen LogP contribution in [-0.2, 0) is 13.0 Å². The SMILES string of the molecule is Cc1cncc(COc2ccc(C)nc2CC(C)N)c1. The van der Waals surface area contributed by atoms with Gasteiger partial charge < -0.3 is 10.5 Å². The van der Waals surface area contributed by atoms with Crippen LogP contribution in [0.3, 0.4) is 0 Å². The Kier molecular flexibility index (Phi) is 4.69. The van der Waals surface area contributed by atoms with Gasteiger partial charge in [-0.15, -0.1) is 0 Å². The molecule has 0 aliphatic carbocycles. The molecule has 106 valence electrons. The summed E-state index contributed by atoms with van der Waals surface area (Å²) < 4.78 is 5.88. The smallest absolute Gasteiger partial charge is 0.141 e. The number of hydrogen-bond acceptors (Lipinski definition) is 4. The van der Waals surface area contributed by atoms with Gasteiger partial charge in [0.15, 0.2) is 0 Å². The lowest BCUT2D eigenvalue weighted by atomic mass is 10.1. The van der Waals surface area contributed by atoms with Crippen LogP contribution in [0, 0.1) is 13.8 Å². The van der Waals surface area contributed by atoms with Crippen molar-refractivity contribution in [2.75, 3.05) is 0 Å². The molecule has 4 heteroatoms. The fourth-order valence-electron chi connectivity index (χ4n) is 2.04. The molecule has 0 fully saturated rings. The number of aromatic nitrogens is 2. The minimum Gasteiger partial charge on any atom is -0.487 e. The maximum Gasteiger partial charge on any atom is 0.141 e. The van der Waals surface area contributed by atoms with Crippen LogP contribution in [0.1, 0.15) is 29.4 Å². The lowest BCUT2D eigenvalue weighted by Gasteiger charge is -2.13. The Morgan fingerprint density at radius 3 is 2.75 bits per heavy atom. The van der Waals surface area contributed by atoms with E-state index in [-0.39, 0.29) is 6.04 Å². The van der Waals surface area contributed by atoms with Gasteiger partial charge in [0, 0.05) is 36.1 Å². The molecule has 1 atom stereocenters. The topological polar surface area (TPSA) is 61.0 Å². The molecule has 0 saturated carbocycles. The van der Waals surface area contributed by atoms with Gasteiger partial charge in [0.1, 0.15) is 12.4 Å². The molecule has 2 aromatic heterocycles. The van der Waals surface area contributed by atoms with Crippen LogP contribution in [0.5, 0.6) is 5.75 Å². The van der Waals surface area contributed by atoms with Crippen LogP contribution in [0.4, 0.5) is 0 Å². The van der Waals surface area contributed by atoms with Crippen LogP contribution in [0.15, 0.2) is 30.6 Å². The molecular formula is C16H21N3O. The van der Waals surface area contributed by atoms with Gasteiger partial charge in [0.05, 0.1) is 5.69 Å². The minimum absolute atomic E-state index is 0.0623. The second kappa shape index (κ2) is 6.48. The lowest BCUT2D eigenvalue weighted by molar-refractivity contribution is 0.300. The average Bonchev–Trinajstić information content (AvgIpc) is 2.37. The minimum atomic E-state index is 0.0623. The van der Waals surface area contributed by atoms with Gasteiger partial charge in [-0.2, -0.15) is 0 Å². The van der Waals surface area contributed by atoms with Crippen molar-refractivity contribution in [3.8, 4) is 5.75 Å². The largest absolute Gasteiger partial charge is 0.487 e. The molecule has 0 aromatic carbocycles. The van der Waals surface area contributed by atoms with Gasteiger partial charge >= 0.3 is 0 Å². The van der Waals surface area contributed by atoms with Crippen LogP contribution < -0.4 is 10.5 Å². The zero-order valence-corrected chi connectivity index (χ0v) is 12.3. The Bertz CT molecular complexity index is 582. The summed E-state index contributed by atoms with van der Waals surface area (Å²) in [5.74, 6) is 0.800. The second-order valence-electron chi connectivity index (χ2n) is 5.24. The zero-order valence-electron chi connectivity index (χ0n) is 12.3.